The molecule has 4 heteroatoms. The van der Waals surface area contributed by atoms with Crippen molar-refractivity contribution >= 4 is 5.97 Å². The molecule has 0 aromatic carbocycles. The summed E-state index contributed by atoms with van der Waals surface area (Å²) < 4.78 is 6.31. The maximum atomic E-state index is 11.1. The van der Waals surface area contributed by atoms with Crippen LogP contribution in [0.25, 0.3) is 0 Å². The van der Waals surface area contributed by atoms with E-state index in [1.54, 1.807) is 0 Å². The van der Waals surface area contributed by atoms with Crippen LogP contribution in [0, 0.1) is 11.8 Å². The second-order valence-electron chi connectivity index (χ2n) is 6.81. The molecule has 108 valence electrons. The maximum Gasteiger partial charge on any atom is 0.308 e. The van der Waals surface area contributed by atoms with Crippen molar-refractivity contribution in [2.75, 3.05) is 19.6 Å². The lowest BCUT2D eigenvalue weighted by molar-refractivity contribution is -0.142. The highest BCUT2D eigenvalue weighted by atomic mass is 16.5. The molecule has 1 spiro atoms. The Morgan fingerprint density at radius 2 is 2.05 bits per heavy atom. The minimum atomic E-state index is -0.644. The van der Waals surface area contributed by atoms with Gasteiger partial charge in [-0.05, 0) is 31.6 Å². The standard InChI is InChI=1S/C15H25NO3/c1-11-8-16(10-13(11)14(17)18)9-12-4-7-15(19-12)5-2-3-6-15/h11-13H,2-10H2,1H3,(H,17,18). The molecule has 3 rings (SSSR count). The minimum absolute atomic E-state index is 0.193. The van der Waals surface area contributed by atoms with E-state index >= 15 is 0 Å². The fourth-order valence-electron chi connectivity index (χ4n) is 4.24. The molecule has 2 aliphatic heterocycles. The molecule has 0 aromatic heterocycles. The molecule has 0 amide bonds. The van der Waals surface area contributed by atoms with Crippen LogP contribution in [-0.2, 0) is 9.53 Å². The zero-order chi connectivity index (χ0) is 13.5. The molecule has 4 nitrogen and oxygen atoms in total. The number of likely N-dealkylation sites (tertiary alicyclic amines) is 1. The van der Waals surface area contributed by atoms with Gasteiger partial charge in [0.2, 0.25) is 0 Å². The second kappa shape index (κ2) is 5.06. The lowest BCUT2D eigenvalue weighted by atomic mass is 9.98. The topological polar surface area (TPSA) is 49.8 Å². The summed E-state index contributed by atoms with van der Waals surface area (Å²) in [6, 6.07) is 0. The van der Waals surface area contributed by atoms with Crippen molar-refractivity contribution in [3.63, 3.8) is 0 Å². The molecule has 1 saturated carbocycles. The third-order valence-electron chi connectivity index (χ3n) is 5.32. The first-order valence-electron chi connectivity index (χ1n) is 7.71. The van der Waals surface area contributed by atoms with Crippen molar-refractivity contribution in [2.45, 2.75) is 57.2 Å². The van der Waals surface area contributed by atoms with E-state index in [1.165, 1.54) is 32.1 Å². The van der Waals surface area contributed by atoms with E-state index in [2.05, 4.69) is 4.90 Å². The molecule has 0 aromatic rings. The van der Waals surface area contributed by atoms with Gasteiger partial charge in [0.1, 0.15) is 0 Å². The molecule has 1 N–H and O–H groups in total. The Morgan fingerprint density at radius 1 is 1.32 bits per heavy atom. The Labute approximate surface area is 115 Å². The van der Waals surface area contributed by atoms with Crippen LogP contribution in [0.2, 0.25) is 0 Å². The summed E-state index contributed by atoms with van der Waals surface area (Å²) in [6.07, 6.45) is 7.79. The fraction of sp³-hybridized carbons (Fsp3) is 0.933. The summed E-state index contributed by atoms with van der Waals surface area (Å²) in [5, 5.41) is 9.17. The molecular weight excluding hydrogens is 242 g/mol. The van der Waals surface area contributed by atoms with E-state index in [4.69, 9.17) is 4.74 Å². The van der Waals surface area contributed by atoms with Crippen molar-refractivity contribution in [1.82, 2.24) is 4.90 Å². The Bertz CT molecular complexity index is 351. The van der Waals surface area contributed by atoms with Gasteiger partial charge in [-0.1, -0.05) is 19.8 Å². The summed E-state index contributed by atoms with van der Waals surface area (Å²) in [5.41, 5.74) is 0.197. The van der Waals surface area contributed by atoms with Crippen molar-refractivity contribution < 1.29 is 14.6 Å². The van der Waals surface area contributed by atoms with E-state index in [0.717, 1.165) is 19.5 Å². The smallest absolute Gasteiger partial charge is 0.308 e. The highest BCUT2D eigenvalue weighted by Gasteiger charge is 2.43. The van der Waals surface area contributed by atoms with E-state index in [0.29, 0.717) is 12.6 Å². The third-order valence-corrected chi connectivity index (χ3v) is 5.32. The van der Waals surface area contributed by atoms with Crippen molar-refractivity contribution in [3.8, 4) is 0 Å². The molecule has 2 saturated heterocycles. The van der Waals surface area contributed by atoms with Gasteiger partial charge in [0, 0.05) is 19.6 Å². The lowest BCUT2D eigenvalue weighted by Crippen LogP contribution is -2.34. The summed E-state index contributed by atoms with van der Waals surface area (Å²) >= 11 is 0. The van der Waals surface area contributed by atoms with Crippen LogP contribution in [0.4, 0.5) is 0 Å². The largest absolute Gasteiger partial charge is 0.481 e. The van der Waals surface area contributed by atoms with Gasteiger partial charge < -0.3 is 9.84 Å². The SMILES string of the molecule is CC1CN(CC2CCC3(CCCC3)O2)CC1C(=O)O. The minimum Gasteiger partial charge on any atom is -0.481 e. The number of carbonyl (C=O) groups is 1. The first-order valence-corrected chi connectivity index (χ1v) is 7.71. The molecule has 1 aliphatic carbocycles. The van der Waals surface area contributed by atoms with Crippen molar-refractivity contribution in [3.05, 3.63) is 0 Å². The van der Waals surface area contributed by atoms with Crippen LogP contribution >= 0.6 is 0 Å². The van der Waals surface area contributed by atoms with Crippen LogP contribution < -0.4 is 0 Å². The van der Waals surface area contributed by atoms with Crippen LogP contribution in [0.3, 0.4) is 0 Å². The molecule has 3 aliphatic rings. The van der Waals surface area contributed by atoms with Crippen LogP contribution in [0.15, 0.2) is 0 Å². The molecule has 0 radical (unpaired) electrons. The molecule has 3 atom stereocenters. The normalized spacial score (nSPS) is 38.3. The third kappa shape index (κ3) is 2.65. The Hall–Kier alpha value is -0.610. The van der Waals surface area contributed by atoms with Gasteiger partial charge >= 0.3 is 5.97 Å². The zero-order valence-corrected chi connectivity index (χ0v) is 11.8. The molecule has 0 bridgehead atoms. The highest BCUT2D eigenvalue weighted by molar-refractivity contribution is 5.71. The zero-order valence-electron chi connectivity index (χ0n) is 11.8. The summed E-state index contributed by atoms with van der Waals surface area (Å²) in [7, 11) is 0. The maximum absolute atomic E-state index is 11.1. The van der Waals surface area contributed by atoms with Gasteiger partial charge in [0.15, 0.2) is 0 Å². The predicted octanol–water partition coefficient (Wildman–Crippen LogP) is 2.13. The molecular formula is C15H25NO3. The molecule has 2 heterocycles. The number of ether oxygens (including phenoxy) is 1. The van der Waals surface area contributed by atoms with Gasteiger partial charge in [0.05, 0.1) is 17.6 Å². The Morgan fingerprint density at radius 3 is 2.68 bits per heavy atom. The first-order chi connectivity index (χ1) is 9.08. The van der Waals surface area contributed by atoms with E-state index < -0.39 is 5.97 Å². The average Bonchev–Trinajstić information content (AvgIpc) is 3.04. The predicted molar refractivity (Wildman–Crippen MR) is 72.0 cm³/mol. The fourth-order valence-corrected chi connectivity index (χ4v) is 4.24. The molecule has 3 fully saturated rings. The van der Waals surface area contributed by atoms with Gasteiger partial charge in [-0.3, -0.25) is 9.69 Å². The van der Waals surface area contributed by atoms with Crippen molar-refractivity contribution in [1.29, 1.82) is 0 Å². The average molecular weight is 267 g/mol. The lowest BCUT2D eigenvalue weighted by Gasteiger charge is -2.26. The first kappa shape index (κ1) is 13.4. The van der Waals surface area contributed by atoms with E-state index in [1.807, 2.05) is 6.92 Å². The number of nitrogens with zero attached hydrogens (tertiary/aromatic N) is 1. The number of carboxylic acids is 1. The van der Waals surface area contributed by atoms with Gasteiger partial charge in [0.25, 0.3) is 0 Å². The Balaban J connectivity index is 1.52. The number of aliphatic carboxylic acids is 1. The van der Waals surface area contributed by atoms with Gasteiger partial charge in [-0.15, -0.1) is 0 Å². The second-order valence-corrected chi connectivity index (χ2v) is 6.81. The summed E-state index contributed by atoms with van der Waals surface area (Å²) in [6.45, 7) is 4.58. The van der Waals surface area contributed by atoms with E-state index in [-0.39, 0.29) is 17.4 Å². The quantitative estimate of drug-likeness (QED) is 0.851. The monoisotopic (exact) mass is 267 g/mol. The number of rotatable bonds is 3. The van der Waals surface area contributed by atoms with Crippen LogP contribution in [0.1, 0.15) is 45.4 Å². The molecule has 19 heavy (non-hydrogen) atoms. The number of carboxylic acid groups (broad SMARTS) is 1. The van der Waals surface area contributed by atoms with Crippen LogP contribution in [0.5, 0.6) is 0 Å². The Kier molecular flexibility index (Phi) is 3.56. The van der Waals surface area contributed by atoms with Gasteiger partial charge in [-0.25, -0.2) is 0 Å². The highest BCUT2D eigenvalue weighted by Crippen LogP contribution is 2.43. The number of hydrogen-bond donors (Lipinski definition) is 1. The van der Waals surface area contributed by atoms with E-state index in [9.17, 15) is 9.90 Å². The van der Waals surface area contributed by atoms with Crippen molar-refractivity contribution in [2.24, 2.45) is 11.8 Å². The summed E-state index contributed by atoms with van der Waals surface area (Å²) in [4.78, 5) is 13.4. The summed E-state index contributed by atoms with van der Waals surface area (Å²) in [5.74, 6) is -0.573. The van der Waals surface area contributed by atoms with Gasteiger partial charge in [-0.2, -0.15) is 0 Å². The molecule has 3 unspecified atom stereocenters. The van der Waals surface area contributed by atoms with Crippen LogP contribution in [-0.4, -0.2) is 47.3 Å². The number of hydrogen-bond acceptors (Lipinski definition) is 3.